The molecule has 1 aliphatic rings. The van der Waals surface area contributed by atoms with E-state index in [0.717, 1.165) is 29.7 Å². The van der Waals surface area contributed by atoms with Crippen molar-refractivity contribution in [1.29, 1.82) is 0 Å². The molecule has 1 aliphatic carbocycles. The monoisotopic (exact) mass is 328 g/mol. The van der Waals surface area contributed by atoms with E-state index in [-0.39, 0.29) is 11.6 Å². The van der Waals surface area contributed by atoms with Gasteiger partial charge in [-0.15, -0.1) is 0 Å². The number of benzene rings is 2. The van der Waals surface area contributed by atoms with Crippen LogP contribution in [0.2, 0.25) is 5.02 Å². The number of carbonyl (C=O) groups excluding carboxylic acids is 1. The van der Waals surface area contributed by atoms with E-state index in [0.29, 0.717) is 5.02 Å². The van der Waals surface area contributed by atoms with Crippen LogP contribution in [0.15, 0.2) is 48.5 Å². The largest absolute Gasteiger partial charge is 0.333 e. The van der Waals surface area contributed by atoms with Crippen molar-refractivity contribution in [3.63, 3.8) is 0 Å². The van der Waals surface area contributed by atoms with E-state index in [4.69, 9.17) is 11.6 Å². The molecule has 0 radical (unpaired) electrons. The van der Waals surface area contributed by atoms with Gasteiger partial charge in [-0.25, -0.2) is 4.79 Å². The summed E-state index contributed by atoms with van der Waals surface area (Å²) in [6, 6.07) is 15.4. The van der Waals surface area contributed by atoms with Crippen LogP contribution in [0, 0.1) is 0 Å². The molecule has 0 saturated heterocycles. The zero-order valence-electron chi connectivity index (χ0n) is 13.2. The number of urea groups is 1. The van der Waals surface area contributed by atoms with Gasteiger partial charge in [0.25, 0.3) is 0 Å². The molecule has 0 aliphatic heterocycles. The second kappa shape index (κ2) is 6.63. The summed E-state index contributed by atoms with van der Waals surface area (Å²) in [5, 5.41) is 6.68. The molecule has 2 aromatic carbocycles. The summed E-state index contributed by atoms with van der Waals surface area (Å²) < 4.78 is 0. The molecule has 0 heterocycles. The molecule has 0 bridgehead atoms. The third-order valence-corrected chi connectivity index (χ3v) is 4.67. The number of carbonyl (C=O) groups is 1. The minimum atomic E-state index is -0.172. The molecule has 1 fully saturated rings. The first kappa shape index (κ1) is 15.9. The highest BCUT2D eigenvalue weighted by atomic mass is 35.5. The van der Waals surface area contributed by atoms with Gasteiger partial charge in [0, 0.05) is 16.1 Å². The first-order chi connectivity index (χ1) is 11.1. The number of amides is 2. The Morgan fingerprint density at radius 3 is 2.48 bits per heavy atom. The van der Waals surface area contributed by atoms with Crippen LogP contribution in [0.3, 0.4) is 0 Å². The van der Waals surface area contributed by atoms with Crippen molar-refractivity contribution in [3.05, 3.63) is 53.6 Å². The summed E-state index contributed by atoms with van der Waals surface area (Å²) in [4.78, 5) is 12.4. The van der Waals surface area contributed by atoms with Gasteiger partial charge in [0.2, 0.25) is 0 Å². The number of hydrogen-bond donors (Lipinski definition) is 2. The molecule has 0 aromatic heterocycles. The molecule has 3 nitrogen and oxygen atoms in total. The Labute approximate surface area is 142 Å². The lowest BCUT2D eigenvalue weighted by Crippen LogP contribution is -2.45. The lowest BCUT2D eigenvalue weighted by molar-refractivity contribution is 0.239. The molecule has 0 spiro atoms. The van der Waals surface area contributed by atoms with Crippen LogP contribution in [0.4, 0.5) is 10.5 Å². The molecule has 23 heavy (non-hydrogen) atoms. The summed E-state index contributed by atoms with van der Waals surface area (Å²) >= 11 is 6.11. The predicted octanol–water partition coefficient (Wildman–Crippen LogP) is 5.46. The van der Waals surface area contributed by atoms with Crippen molar-refractivity contribution in [2.45, 2.75) is 38.1 Å². The summed E-state index contributed by atoms with van der Waals surface area (Å²) in [6.45, 7) is 2.11. The van der Waals surface area contributed by atoms with Crippen LogP contribution < -0.4 is 10.6 Å². The second-order valence-electron chi connectivity index (χ2n) is 6.40. The molecule has 2 amide bonds. The van der Waals surface area contributed by atoms with E-state index in [1.54, 1.807) is 6.07 Å². The van der Waals surface area contributed by atoms with E-state index in [1.165, 1.54) is 12.8 Å². The Morgan fingerprint density at radius 2 is 1.78 bits per heavy atom. The van der Waals surface area contributed by atoms with Crippen molar-refractivity contribution in [2.24, 2.45) is 0 Å². The van der Waals surface area contributed by atoms with Gasteiger partial charge in [-0.2, -0.15) is 0 Å². The van der Waals surface area contributed by atoms with Crippen LogP contribution >= 0.6 is 11.6 Å². The van der Waals surface area contributed by atoms with Gasteiger partial charge >= 0.3 is 6.03 Å². The standard InChI is InChI=1S/C19H21ClN2O/c1-19(11-5-6-12-19)22-18(23)21-17-13-15(20)9-10-16(17)14-7-3-2-4-8-14/h2-4,7-10,13H,5-6,11-12H2,1H3,(H2,21,22,23). The van der Waals surface area contributed by atoms with Gasteiger partial charge in [-0.05, 0) is 37.5 Å². The third kappa shape index (κ3) is 3.85. The fourth-order valence-corrected chi connectivity index (χ4v) is 3.37. The third-order valence-electron chi connectivity index (χ3n) is 4.44. The first-order valence-electron chi connectivity index (χ1n) is 8.00. The van der Waals surface area contributed by atoms with Crippen LogP contribution in [-0.4, -0.2) is 11.6 Å². The van der Waals surface area contributed by atoms with Crippen molar-refractivity contribution >= 4 is 23.3 Å². The highest BCUT2D eigenvalue weighted by Crippen LogP contribution is 2.32. The quantitative estimate of drug-likeness (QED) is 0.771. The van der Waals surface area contributed by atoms with Gasteiger partial charge in [0.1, 0.15) is 0 Å². The van der Waals surface area contributed by atoms with E-state index >= 15 is 0 Å². The lowest BCUT2D eigenvalue weighted by Gasteiger charge is -2.25. The molecular weight excluding hydrogens is 308 g/mol. The Hall–Kier alpha value is -2.00. The van der Waals surface area contributed by atoms with Crippen LogP contribution in [-0.2, 0) is 0 Å². The van der Waals surface area contributed by atoms with Crippen LogP contribution in [0.1, 0.15) is 32.6 Å². The Bertz CT molecular complexity index is 694. The van der Waals surface area contributed by atoms with Gasteiger partial charge in [-0.1, -0.05) is 60.8 Å². The van der Waals surface area contributed by atoms with E-state index in [9.17, 15) is 4.79 Å². The number of rotatable bonds is 3. The fourth-order valence-electron chi connectivity index (χ4n) is 3.20. The number of hydrogen-bond acceptors (Lipinski definition) is 1. The molecular formula is C19H21ClN2O. The minimum Gasteiger partial charge on any atom is -0.333 e. The Morgan fingerprint density at radius 1 is 1.09 bits per heavy atom. The highest BCUT2D eigenvalue weighted by molar-refractivity contribution is 6.31. The zero-order valence-corrected chi connectivity index (χ0v) is 14.0. The molecule has 0 atom stereocenters. The summed E-state index contributed by atoms with van der Waals surface area (Å²) in [7, 11) is 0. The number of anilines is 1. The predicted molar refractivity (Wildman–Crippen MR) is 95.9 cm³/mol. The summed E-state index contributed by atoms with van der Waals surface area (Å²) in [5.41, 5.74) is 2.63. The smallest absolute Gasteiger partial charge is 0.319 e. The molecule has 120 valence electrons. The minimum absolute atomic E-state index is 0.102. The Balaban J connectivity index is 1.82. The lowest BCUT2D eigenvalue weighted by atomic mass is 10.0. The second-order valence-corrected chi connectivity index (χ2v) is 6.84. The topological polar surface area (TPSA) is 41.1 Å². The maximum absolute atomic E-state index is 12.4. The maximum Gasteiger partial charge on any atom is 0.319 e. The van der Waals surface area contributed by atoms with Crippen LogP contribution in [0.25, 0.3) is 11.1 Å². The average Bonchev–Trinajstić information content (AvgIpc) is 2.94. The van der Waals surface area contributed by atoms with E-state index < -0.39 is 0 Å². The van der Waals surface area contributed by atoms with Crippen molar-refractivity contribution < 1.29 is 4.79 Å². The van der Waals surface area contributed by atoms with Crippen molar-refractivity contribution in [2.75, 3.05) is 5.32 Å². The maximum atomic E-state index is 12.4. The number of nitrogens with one attached hydrogen (secondary N) is 2. The van der Waals surface area contributed by atoms with Crippen LogP contribution in [0.5, 0.6) is 0 Å². The molecule has 4 heteroatoms. The van der Waals surface area contributed by atoms with Crippen molar-refractivity contribution in [1.82, 2.24) is 5.32 Å². The highest BCUT2D eigenvalue weighted by Gasteiger charge is 2.30. The molecule has 0 unspecified atom stereocenters. The number of halogens is 1. The zero-order chi connectivity index (χ0) is 16.3. The SMILES string of the molecule is CC1(NC(=O)Nc2cc(Cl)ccc2-c2ccccc2)CCCC1. The normalized spacial score (nSPS) is 16.1. The summed E-state index contributed by atoms with van der Waals surface area (Å²) in [5.74, 6) is 0. The van der Waals surface area contributed by atoms with E-state index in [2.05, 4.69) is 17.6 Å². The fraction of sp³-hybridized carbons (Fsp3) is 0.316. The molecule has 3 rings (SSSR count). The Kier molecular flexibility index (Phi) is 4.58. The van der Waals surface area contributed by atoms with E-state index in [1.807, 2.05) is 42.5 Å². The van der Waals surface area contributed by atoms with Gasteiger partial charge in [0.15, 0.2) is 0 Å². The van der Waals surface area contributed by atoms with Crippen molar-refractivity contribution in [3.8, 4) is 11.1 Å². The first-order valence-corrected chi connectivity index (χ1v) is 8.38. The molecule has 1 saturated carbocycles. The van der Waals surface area contributed by atoms with Gasteiger partial charge < -0.3 is 10.6 Å². The molecule has 2 N–H and O–H groups in total. The summed E-state index contributed by atoms with van der Waals surface area (Å²) in [6.07, 6.45) is 4.40. The average molecular weight is 329 g/mol. The molecule has 2 aromatic rings. The van der Waals surface area contributed by atoms with Gasteiger partial charge in [-0.3, -0.25) is 0 Å². The van der Waals surface area contributed by atoms with Gasteiger partial charge in [0.05, 0.1) is 5.69 Å².